The van der Waals surface area contributed by atoms with Gasteiger partial charge in [0, 0.05) is 17.0 Å². The molecule has 0 aliphatic heterocycles. The van der Waals surface area contributed by atoms with Gasteiger partial charge in [-0.25, -0.2) is 0 Å². The number of amides is 2. The minimum atomic E-state index is -0.511. The molecule has 4 aliphatic rings. The third-order valence-electron chi connectivity index (χ3n) is 7.17. The van der Waals surface area contributed by atoms with E-state index in [4.69, 9.17) is 11.6 Å². The molecule has 2 amide bonds. The van der Waals surface area contributed by atoms with Crippen LogP contribution in [-0.4, -0.2) is 17.9 Å². The Morgan fingerprint density at radius 3 is 2.18 bits per heavy atom. The lowest BCUT2D eigenvalue weighted by Gasteiger charge is -2.55. The molecule has 1 aromatic carbocycles. The van der Waals surface area contributed by atoms with Crippen molar-refractivity contribution in [3.05, 3.63) is 34.9 Å². The normalized spacial score (nSPS) is 31.6. The highest BCUT2D eigenvalue weighted by molar-refractivity contribution is 6.31. The third kappa shape index (κ3) is 3.80. The molecule has 4 nitrogen and oxygen atoms in total. The van der Waals surface area contributed by atoms with E-state index in [0.29, 0.717) is 29.3 Å². The van der Waals surface area contributed by atoms with Crippen molar-refractivity contribution in [3.63, 3.8) is 0 Å². The molecular weight excluding hydrogens is 372 g/mol. The zero-order valence-electron chi connectivity index (χ0n) is 16.8. The summed E-state index contributed by atoms with van der Waals surface area (Å²) >= 11 is 6.19. The summed E-state index contributed by atoms with van der Waals surface area (Å²) in [5, 5.41) is 6.74. The smallest absolute Gasteiger partial charge is 0.243 e. The van der Waals surface area contributed by atoms with Crippen LogP contribution in [0.25, 0.3) is 0 Å². The monoisotopic (exact) mass is 402 g/mol. The van der Waals surface area contributed by atoms with Gasteiger partial charge in [-0.2, -0.15) is 0 Å². The molecule has 0 aromatic heterocycles. The largest absolute Gasteiger partial charge is 0.350 e. The summed E-state index contributed by atoms with van der Waals surface area (Å²) in [6, 6.07) is 6.99. The van der Waals surface area contributed by atoms with Gasteiger partial charge in [0.15, 0.2) is 0 Å². The highest BCUT2D eigenvalue weighted by Gasteiger charge is 2.55. The van der Waals surface area contributed by atoms with Gasteiger partial charge in [-0.05, 0) is 73.8 Å². The molecule has 4 aliphatic carbocycles. The Morgan fingerprint density at radius 1 is 1.07 bits per heavy atom. The number of carbonyl (C=O) groups is 2. The van der Waals surface area contributed by atoms with Gasteiger partial charge in [0.2, 0.25) is 11.8 Å². The molecule has 5 rings (SSSR count). The second-order valence-corrected chi connectivity index (χ2v) is 10.1. The van der Waals surface area contributed by atoms with Crippen molar-refractivity contribution in [1.29, 1.82) is 0 Å². The van der Waals surface area contributed by atoms with Crippen molar-refractivity contribution >= 4 is 23.4 Å². The second kappa shape index (κ2) is 7.70. The van der Waals surface area contributed by atoms with Gasteiger partial charge in [-0.1, -0.05) is 43.6 Å². The Balaban J connectivity index is 1.41. The van der Waals surface area contributed by atoms with Gasteiger partial charge in [0.25, 0.3) is 0 Å². The van der Waals surface area contributed by atoms with E-state index >= 15 is 0 Å². The van der Waals surface area contributed by atoms with E-state index in [-0.39, 0.29) is 23.1 Å². The first-order valence-electron chi connectivity index (χ1n) is 10.7. The number of hydrogen-bond acceptors (Lipinski definition) is 2. The summed E-state index contributed by atoms with van der Waals surface area (Å²) in [7, 11) is 0. The number of rotatable bonds is 6. The van der Waals surface area contributed by atoms with E-state index in [2.05, 4.69) is 10.6 Å². The maximum atomic E-state index is 13.3. The Kier molecular flexibility index (Phi) is 5.43. The molecule has 152 valence electrons. The number of benzene rings is 1. The predicted octanol–water partition coefficient (Wildman–Crippen LogP) is 4.31. The summed E-state index contributed by atoms with van der Waals surface area (Å²) in [6.07, 6.45) is 6.94. The lowest BCUT2D eigenvalue weighted by atomic mass is 9.49. The molecule has 0 saturated heterocycles. The fourth-order valence-corrected chi connectivity index (χ4v) is 6.35. The average Bonchev–Trinajstić information content (AvgIpc) is 2.63. The fourth-order valence-electron chi connectivity index (χ4n) is 6.15. The van der Waals surface area contributed by atoms with E-state index in [9.17, 15) is 9.59 Å². The van der Waals surface area contributed by atoms with Crippen molar-refractivity contribution in [3.8, 4) is 0 Å². The van der Waals surface area contributed by atoms with Crippen LogP contribution in [0.3, 0.4) is 0 Å². The van der Waals surface area contributed by atoms with Crippen LogP contribution in [0.4, 0.5) is 0 Å². The van der Waals surface area contributed by atoms with Crippen LogP contribution in [-0.2, 0) is 16.1 Å². The van der Waals surface area contributed by atoms with Gasteiger partial charge in [0.05, 0.1) is 0 Å². The zero-order valence-corrected chi connectivity index (χ0v) is 17.6. The van der Waals surface area contributed by atoms with Crippen molar-refractivity contribution in [2.45, 2.75) is 65.0 Å². The summed E-state index contributed by atoms with van der Waals surface area (Å²) < 4.78 is 0. The lowest BCUT2D eigenvalue weighted by Crippen LogP contribution is -2.58. The summed E-state index contributed by atoms with van der Waals surface area (Å²) in [5.41, 5.74) is 0.651. The summed E-state index contributed by atoms with van der Waals surface area (Å²) in [4.78, 5) is 26.2. The molecule has 4 saturated carbocycles. The molecule has 0 heterocycles. The second-order valence-electron chi connectivity index (χ2n) is 9.70. The molecule has 28 heavy (non-hydrogen) atoms. The average molecular weight is 403 g/mol. The van der Waals surface area contributed by atoms with Crippen LogP contribution in [0.5, 0.6) is 0 Å². The van der Waals surface area contributed by atoms with Gasteiger partial charge in [-0.3, -0.25) is 9.59 Å². The van der Waals surface area contributed by atoms with E-state index in [1.165, 1.54) is 19.3 Å². The Bertz CT molecular complexity index is 725. The third-order valence-corrected chi connectivity index (χ3v) is 7.54. The van der Waals surface area contributed by atoms with E-state index < -0.39 is 6.04 Å². The van der Waals surface area contributed by atoms with Gasteiger partial charge >= 0.3 is 0 Å². The van der Waals surface area contributed by atoms with Crippen molar-refractivity contribution < 1.29 is 9.59 Å². The van der Waals surface area contributed by atoms with Crippen molar-refractivity contribution in [1.82, 2.24) is 10.6 Å². The van der Waals surface area contributed by atoms with Crippen LogP contribution >= 0.6 is 11.6 Å². The fraction of sp³-hybridized carbons (Fsp3) is 0.652. The standard InChI is InChI=1S/C23H31ClN2O2/c1-14(2)20(21(27)25-13-18-5-3-4-6-19(18)24)26-22(28)23-10-15-7-16(11-23)9-17(8-15)12-23/h3-6,14-17,20H,7-13H2,1-2H3,(H,25,27)(H,26,28)/t15?,16?,17?,20-,23?/m0/s1. The van der Waals surface area contributed by atoms with Crippen molar-refractivity contribution in [2.24, 2.45) is 29.1 Å². The number of halogens is 1. The molecule has 0 unspecified atom stereocenters. The highest BCUT2D eigenvalue weighted by Crippen LogP contribution is 2.60. The summed E-state index contributed by atoms with van der Waals surface area (Å²) in [5.74, 6) is 2.14. The van der Waals surface area contributed by atoms with Crippen LogP contribution < -0.4 is 10.6 Å². The first-order chi connectivity index (χ1) is 13.4. The first-order valence-corrected chi connectivity index (χ1v) is 11.1. The molecule has 5 heteroatoms. The topological polar surface area (TPSA) is 58.2 Å². The first kappa shape index (κ1) is 19.8. The van der Waals surface area contributed by atoms with Crippen LogP contribution in [0.15, 0.2) is 24.3 Å². The molecule has 1 atom stereocenters. The SMILES string of the molecule is CC(C)[C@H](NC(=O)C12CC3CC(CC(C3)C1)C2)C(=O)NCc1ccccc1Cl. The Labute approximate surface area is 172 Å². The Hall–Kier alpha value is -1.55. The quantitative estimate of drug-likeness (QED) is 0.744. The van der Waals surface area contributed by atoms with Gasteiger partial charge < -0.3 is 10.6 Å². The number of hydrogen-bond donors (Lipinski definition) is 2. The van der Waals surface area contributed by atoms with E-state index in [1.54, 1.807) is 0 Å². The molecule has 0 radical (unpaired) electrons. The number of nitrogens with one attached hydrogen (secondary N) is 2. The van der Waals surface area contributed by atoms with Crippen LogP contribution in [0.2, 0.25) is 5.02 Å². The molecule has 4 fully saturated rings. The lowest BCUT2D eigenvalue weighted by molar-refractivity contribution is -0.149. The molecule has 1 aromatic rings. The molecule has 0 spiro atoms. The molecule has 2 N–H and O–H groups in total. The summed E-state index contributed by atoms with van der Waals surface area (Å²) in [6.45, 7) is 4.34. The van der Waals surface area contributed by atoms with Crippen molar-refractivity contribution in [2.75, 3.05) is 0 Å². The molecular formula is C23H31ClN2O2. The maximum absolute atomic E-state index is 13.3. The van der Waals surface area contributed by atoms with E-state index in [1.807, 2.05) is 38.1 Å². The van der Waals surface area contributed by atoms with E-state index in [0.717, 1.165) is 24.8 Å². The Morgan fingerprint density at radius 2 is 1.64 bits per heavy atom. The van der Waals surface area contributed by atoms with Crippen LogP contribution in [0.1, 0.15) is 57.9 Å². The van der Waals surface area contributed by atoms with Crippen LogP contribution in [0, 0.1) is 29.1 Å². The van der Waals surface area contributed by atoms with Gasteiger partial charge in [0.1, 0.15) is 6.04 Å². The number of carbonyl (C=O) groups excluding carboxylic acids is 2. The predicted molar refractivity (Wildman–Crippen MR) is 111 cm³/mol. The van der Waals surface area contributed by atoms with Gasteiger partial charge in [-0.15, -0.1) is 0 Å². The zero-order chi connectivity index (χ0) is 19.9. The maximum Gasteiger partial charge on any atom is 0.243 e. The highest BCUT2D eigenvalue weighted by atomic mass is 35.5. The minimum absolute atomic E-state index is 0.0316. The minimum Gasteiger partial charge on any atom is -0.350 e. The molecule has 4 bridgehead atoms.